The maximum atomic E-state index is 12.6. The van der Waals surface area contributed by atoms with E-state index in [0.717, 1.165) is 37.6 Å². The smallest absolute Gasteiger partial charge is 0.261 e. The molecule has 1 unspecified atom stereocenters. The normalized spacial score (nSPS) is 17.9. The lowest BCUT2D eigenvalue weighted by Gasteiger charge is -2.28. The molecule has 0 fully saturated rings. The second kappa shape index (κ2) is 8.25. The van der Waals surface area contributed by atoms with E-state index in [9.17, 15) is 9.59 Å². The first kappa shape index (κ1) is 19.5. The minimum absolute atomic E-state index is 0.178. The fourth-order valence-corrected chi connectivity index (χ4v) is 4.17. The molecular formula is C23H27N2O4+. The molecule has 6 nitrogen and oxygen atoms in total. The van der Waals surface area contributed by atoms with Crippen LogP contribution in [0.2, 0.25) is 0 Å². The predicted molar refractivity (Wildman–Crippen MR) is 109 cm³/mol. The summed E-state index contributed by atoms with van der Waals surface area (Å²) in [6.07, 6.45) is 0.944. The van der Waals surface area contributed by atoms with Crippen LogP contribution >= 0.6 is 0 Å². The third kappa shape index (κ3) is 3.72. The Morgan fingerprint density at radius 2 is 1.52 bits per heavy atom. The van der Waals surface area contributed by atoms with E-state index in [1.54, 1.807) is 24.3 Å². The lowest BCUT2D eigenvalue weighted by atomic mass is 9.99. The first-order valence-electron chi connectivity index (χ1n) is 10.3. The Morgan fingerprint density at radius 1 is 0.931 bits per heavy atom. The first-order chi connectivity index (χ1) is 14.1. The Balaban J connectivity index is 1.44. The Morgan fingerprint density at radius 3 is 2.10 bits per heavy atom. The maximum absolute atomic E-state index is 12.6. The summed E-state index contributed by atoms with van der Waals surface area (Å²) in [5, 5.41) is 0. The highest BCUT2D eigenvalue weighted by molar-refractivity contribution is 6.21. The zero-order valence-corrected chi connectivity index (χ0v) is 17.0. The van der Waals surface area contributed by atoms with Crippen molar-refractivity contribution < 1.29 is 24.0 Å². The molecule has 2 aliphatic heterocycles. The molecule has 1 N–H and O–H groups in total. The highest BCUT2D eigenvalue weighted by Gasteiger charge is 2.35. The second-order valence-corrected chi connectivity index (χ2v) is 7.42. The van der Waals surface area contributed by atoms with Crippen LogP contribution in [0.4, 0.5) is 0 Å². The molecule has 0 saturated carbocycles. The van der Waals surface area contributed by atoms with Crippen molar-refractivity contribution in [3.05, 3.63) is 58.7 Å². The van der Waals surface area contributed by atoms with Crippen LogP contribution in [0.1, 0.15) is 45.7 Å². The molecule has 6 heteroatoms. The van der Waals surface area contributed by atoms with Crippen molar-refractivity contribution in [2.24, 2.45) is 0 Å². The van der Waals surface area contributed by atoms with Gasteiger partial charge in [0.25, 0.3) is 11.8 Å². The summed E-state index contributed by atoms with van der Waals surface area (Å²) in [4.78, 5) is 27.9. The van der Waals surface area contributed by atoms with Gasteiger partial charge in [-0.25, -0.2) is 0 Å². The number of hydrogen-bond acceptors (Lipinski definition) is 4. The first-order valence-corrected chi connectivity index (χ1v) is 10.3. The van der Waals surface area contributed by atoms with Crippen molar-refractivity contribution in [3.8, 4) is 11.5 Å². The largest absolute Gasteiger partial charge is 0.490 e. The number of nitrogens with one attached hydrogen (secondary N) is 1. The van der Waals surface area contributed by atoms with E-state index in [2.05, 4.69) is 12.1 Å². The van der Waals surface area contributed by atoms with Crippen molar-refractivity contribution in [2.45, 2.75) is 26.8 Å². The Kier molecular flexibility index (Phi) is 5.53. The summed E-state index contributed by atoms with van der Waals surface area (Å²) in [5.41, 5.74) is 3.57. The fraction of sp³-hybridized carbons (Fsp3) is 0.391. The number of carbonyl (C=O) groups is 2. The zero-order chi connectivity index (χ0) is 20.4. The number of ether oxygens (including phenoxy) is 2. The van der Waals surface area contributed by atoms with Gasteiger partial charge < -0.3 is 14.4 Å². The zero-order valence-electron chi connectivity index (χ0n) is 17.0. The van der Waals surface area contributed by atoms with Gasteiger partial charge in [0.2, 0.25) is 0 Å². The number of amides is 2. The molecule has 29 heavy (non-hydrogen) atoms. The molecule has 2 aliphatic rings. The van der Waals surface area contributed by atoms with Crippen LogP contribution < -0.4 is 14.4 Å². The van der Waals surface area contributed by atoms with E-state index >= 15 is 0 Å². The molecule has 0 aliphatic carbocycles. The molecule has 1 atom stereocenters. The molecular weight excluding hydrogens is 368 g/mol. The lowest BCUT2D eigenvalue weighted by Crippen LogP contribution is -3.12. The molecule has 2 aromatic rings. The number of nitrogens with zero attached hydrogens (tertiary/aromatic N) is 1. The summed E-state index contributed by atoms with van der Waals surface area (Å²) in [6, 6.07) is 11.2. The van der Waals surface area contributed by atoms with Gasteiger partial charge in [-0.05, 0) is 43.7 Å². The number of quaternary nitrogens is 1. The predicted octanol–water partition coefficient (Wildman–Crippen LogP) is 1.72. The number of rotatable bonds is 7. The molecule has 2 amide bonds. The van der Waals surface area contributed by atoms with Crippen LogP contribution in [0, 0.1) is 0 Å². The van der Waals surface area contributed by atoms with E-state index in [-0.39, 0.29) is 11.8 Å². The average Bonchev–Trinajstić information content (AvgIpc) is 2.97. The van der Waals surface area contributed by atoms with Crippen molar-refractivity contribution in [1.29, 1.82) is 0 Å². The molecule has 0 bridgehead atoms. The lowest BCUT2D eigenvalue weighted by molar-refractivity contribution is -0.915. The molecule has 2 heterocycles. The summed E-state index contributed by atoms with van der Waals surface area (Å²) in [6.45, 7) is 8.13. The molecule has 4 rings (SSSR count). The summed E-state index contributed by atoms with van der Waals surface area (Å²) < 4.78 is 11.5. The van der Waals surface area contributed by atoms with Gasteiger partial charge >= 0.3 is 0 Å². The SMILES string of the molecule is CCOc1cc2c(cc1OCC)C[NH+](CCN1C(=O)c3ccccc3C1=O)CC2. The quantitative estimate of drug-likeness (QED) is 0.726. The number of fused-ring (bicyclic) bond motifs is 2. The van der Waals surface area contributed by atoms with Gasteiger partial charge in [-0.2, -0.15) is 0 Å². The molecule has 0 saturated heterocycles. The van der Waals surface area contributed by atoms with Crippen molar-refractivity contribution >= 4 is 11.8 Å². The van der Waals surface area contributed by atoms with Gasteiger partial charge in [-0.3, -0.25) is 14.5 Å². The van der Waals surface area contributed by atoms with Crippen molar-refractivity contribution in [3.63, 3.8) is 0 Å². The fourth-order valence-electron chi connectivity index (χ4n) is 4.17. The standard InChI is InChI=1S/C23H26N2O4/c1-3-28-20-13-16-9-10-24(15-17(16)14-21(20)29-4-2)11-12-25-22(26)18-7-5-6-8-19(18)23(25)27/h5-8,13-14H,3-4,9-12,15H2,1-2H3/p+1. The van der Waals surface area contributed by atoms with Gasteiger partial charge in [0, 0.05) is 12.0 Å². The Bertz CT molecular complexity index is 905. The van der Waals surface area contributed by atoms with Gasteiger partial charge in [0.1, 0.15) is 6.54 Å². The third-order valence-corrected chi connectivity index (χ3v) is 5.62. The van der Waals surface area contributed by atoms with E-state index in [0.29, 0.717) is 30.9 Å². The summed E-state index contributed by atoms with van der Waals surface area (Å²) in [5.74, 6) is 1.24. The van der Waals surface area contributed by atoms with Gasteiger partial charge in [-0.15, -0.1) is 0 Å². The van der Waals surface area contributed by atoms with Gasteiger partial charge in [-0.1, -0.05) is 12.1 Å². The van der Waals surface area contributed by atoms with E-state index < -0.39 is 0 Å². The van der Waals surface area contributed by atoms with E-state index in [1.165, 1.54) is 20.9 Å². The van der Waals surface area contributed by atoms with Crippen LogP contribution in [0.5, 0.6) is 11.5 Å². The minimum atomic E-state index is -0.178. The van der Waals surface area contributed by atoms with Crippen LogP contribution in [0.3, 0.4) is 0 Å². The molecule has 152 valence electrons. The molecule has 0 radical (unpaired) electrons. The molecule has 2 aromatic carbocycles. The number of carbonyl (C=O) groups excluding carboxylic acids is 2. The highest BCUT2D eigenvalue weighted by Crippen LogP contribution is 2.32. The number of hydrogen-bond donors (Lipinski definition) is 1. The van der Waals surface area contributed by atoms with Crippen LogP contribution in [0.15, 0.2) is 36.4 Å². The third-order valence-electron chi connectivity index (χ3n) is 5.62. The van der Waals surface area contributed by atoms with Gasteiger partial charge in [0.05, 0.1) is 44.0 Å². The van der Waals surface area contributed by atoms with Gasteiger partial charge in [0.15, 0.2) is 11.5 Å². The number of imide groups is 1. The van der Waals surface area contributed by atoms with Crippen LogP contribution in [0.25, 0.3) is 0 Å². The minimum Gasteiger partial charge on any atom is -0.490 e. The monoisotopic (exact) mass is 395 g/mol. The van der Waals surface area contributed by atoms with Crippen molar-refractivity contribution in [2.75, 3.05) is 32.8 Å². The molecule has 0 aromatic heterocycles. The average molecular weight is 395 g/mol. The summed E-state index contributed by atoms with van der Waals surface area (Å²) >= 11 is 0. The Hall–Kier alpha value is -2.86. The van der Waals surface area contributed by atoms with E-state index in [1.807, 2.05) is 13.8 Å². The summed E-state index contributed by atoms with van der Waals surface area (Å²) in [7, 11) is 0. The topological polar surface area (TPSA) is 60.3 Å². The Labute approximate surface area is 171 Å². The number of benzene rings is 2. The van der Waals surface area contributed by atoms with E-state index in [4.69, 9.17) is 9.47 Å². The highest BCUT2D eigenvalue weighted by atomic mass is 16.5. The van der Waals surface area contributed by atoms with Crippen LogP contribution in [-0.2, 0) is 13.0 Å². The molecule has 0 spiro atoms. The second-order valence-electron chi connectivity index (χ2n) is 7.42. The van der Waals surface area contributed by atoms with Crippen LogP contribution in [-0.4, -0.2) is 49.6 Å². The maximum Gasteiger partial charge on any atom is 0.261 e. The van der Waals surface area contributed by atoms with Crippen molar-refractivity contribution in [1.82, 2.24) is 4.90 Å².